The number of hydrogen-bond donors (Lipinski definition) is 1. The summed E-state index contributed by atoms with van der Waals surface area (Å²) in [6.07, 6.45) is 7.59. The number of halogens is 1. The molecule has 0 radical (unpaired) electrons. The van der Waals surface area contributed by atoms with Crippen molar-refractivity contribution in [2.24, 2.45) is 5.92 Å². The van der Waals surface area contributed by atoms with Gasteiger partial charge in [0.05, 0.1) is 19.3 Å². The molecule has 2 aromatic rings. The first-order valence-corrected chi connectivity index (χ1v) is 10.4. The smallest absolute Gasteiger partial charge is 0.318 e. The van der Waals surface area contributed by atoms with E-state index in [1.807, 2.05) is 30.5 Å². The normalized spacial score (nSPS) is 16.2. The second-order valence-electron chi connectivity index (χ2n) is 8.15. The van der Waals surface area contributed by atoms with Crippen LogP contribution < -0.4 is 9.64 Å². The highest BCUT2D eigenvalue weighted by molar-refractivity contribution is 6.30. The van der Waals surface area contributed by atoms with Gasteiger partial charge in [-0.05, 0) is 49.4 Å². The van der Waals surface area contributed by atoms with Gasteiger partial charge < -0.3 is 14.7 Å². The molecule has 1 N–H and O–H groups in total. The maximum atomic E-state index is 11.3. The number of hydrogen-bond acceptors (Lipinski definition) is 5. The second kappa shape index (κ2) is 9.10. The molecule has 0 aliphatic heterocycles. The first kappa shape index (κ1) is 20.9. The topological polar surface area (TPSA) is 58.5 Å². The Balaban J connectivity index is 2.06. The van der Waals surface area contributed by atoms with Crippen LogP contribution in [0.2, 0.25) is 5.02 Å². The Bertz CT molecular complexity index is 774. The van der Waals surface area contributed by atoms with Crippen molar-refractivity contribution in [1.82, 2.24) is 9.97 Å². The highest BCUT2D eigenvalue weighted by atomic mass is 35.5. The van der Waals surface area contributed by atoms with Crippen LogP contribution in [0.15, 0.2) is 30.5 Å². The number of methoxy groups -OCH3 is 1. The van der Waals surface area contributed by atoms with Crippen molar-refractivity contribution >= 4 is 23.1 Å². The van der Waals surface area contributed by atoms with Crippen LogP contribution in [-0.4, -0.2) is 34.3 Å². The lowest BCUT2D eigenvalue weighted by molar-refractivity contribution is 0.0127. The molecule has 28 heavy (non-hydrogen) atoms. The molecular weight excluding hydrogens is 374 g/mol. The molecule has 0 saturated heterocycles. The molecule has 6 heteroatoms. The highest BCUT2D eigenvalue weighted by Gasteiger charge is 2.33. The number of aromatic nitrogens is 2. The fourth-order valence-electron chi connectivity index (χ4n) is 3.87. The van der Waals surface area contributed by atoms with Crippen LogP contribution in [0.4, 0.5) is 11.5 Å². The molecule has 0 amide bonds. The SMILES string of the molecule is COc1ncc(CC(C)C)c(N(CC2(O)CCCCC2)c2ccc(Cl)cc2)n1. The second-order valence-corrected chi connectivity index (χ2v) is 8.59. The van der Waals surface area contributed by atoms with E-state index in [0.717, 1.165) is 49.2 Å². The van der Waals surface area contributed by atoms with Crippen LogP contribution in [0.1, 0.15) is 51.5 Å². The predicted octanol–water partition coefficient (Wildman–Crippen LogP) is 5.17. The van der Waals surface area contributed by atoms with E-state index in [0.29, 0.717) is 23.5 Å². The molecule has 0 bridgehead atoms. The zero-order valence-electron chi connectivity index (χ0n) is 17.0. The number of ether oxygens (including phenoxy) is 1. The van der Waals surface area contributed by atoms with Crippen LogP contribution in [-0.2, 0) is 6.42 Å². The maximum absolute atomic E-state index is 11.3. The summed E-state index contributed by atoms with van der Waals surface area (Å²) in [5.74, 6) is 1.25. The molecule has 1 fully saturated rings. The predicted molar refractivity (Wildman–Crippen MR) is 114 cm³/mol. The lowest BCUT2D eigenvalue weighted by Crippen LogP contribution is -2.43. The van der Waals surface area contributed by atoms with Gasteiger partial charge in [0, 0.05) is 22.5 Å². The first-order chi connectivity index (χ1) is 13.4. The van der Waals surface area contributed by atoms with Crippen molar-refractivity contribution in [3.63, 3.8) is 0 Å². The summed E-state index contributed by atoms with van der Waals surface area (Å²) in [7, 11) is 1.57. The molecule has 3 rings (SSSR count). The zero-order valence-corrected chi connectivity index (χ0v) is 17.7. The van der Waals surface area contributed by atoms with E-state index in [2.05, 4.69) is 28.7 Å². The third-order valence-electron chi connectivity index (χ3n) is 5.26. The monoisotopic (exact) mass is 403 g/mol. The molecule has 1 aromatic carbocycles. The van der Waals surface area contributed by atoms with Crippen molar-refractivity contribution in [1.29, 1.82) is 0 Å². The summed E-state index contributed by atoms with van der Waals surface area (Å²) >= 11 is 6.12. The molecule has 5 nitrogen and oxygen atoms in total. The molecule has 0 atom stereocenters. The van der Waals surface area contributed by atoms with E-state index in [-0.39, 0.29) is 0 Å². The van der Waals surface area contributed by atoms with Gasteiger partial charge in [0.15, 0.2) is 0 Å². The van der Waals surface area contributed by atoms with Gasteiger partial charge in [-0.2, -0.15) is 4.98 Å². The Morgan fingerprint density at radius 1 is 1.18 bits per heavy atom. The van der Waals surface area contributed by atoms with Crippen molar-refractivity contribution in [3.8, 4) is 6.01 Å². The first-order valence-electron chi connectivity index (χ1n) is 10.1. The van der Waals surface area contributed by atoms with Crippen molar-refractivity contribution in [2.45, 2.75) is 58.0 Å². The average molecular weight is 404 g/mol. The number of nitrogens with zero attached hydrogens (tertiary/aromatic N) is 3. The molecule has 1 aliphatic carbocycles. The zero-order chi connectivity index (χ0) is 20.1. The largest absolute Gasteiger partial charge is 0.467 e. The molecule has 1 heterocycles. The van der Waals surface area contributed by atoms with Crippen LogP contribution in [0.25, 0.3) is 0 Å². The van der Waals surface area contributed by atoms with Gasteiger partial charge in [0.25, 0.3) is 0 Å². The van der Waals surface area contributed by atoms with Gasteiger partial charge in [0.1, 0.15) is 5.82 Å². The van der Waals surface area contributed by atoms with Crippen LogP contribution >= 0.6 is 11.6 Å². The fraction of sp³-hybridized carbons (Fsp3) is 0.545. The average Bonchev–Trinajstić information content (AvgIpc) is 2.67. The summed E-state index contributed by atoms with van der Waals surface area (Å²) in [5.41, 5.74) is 1.27. The van der Waals surface area contributed by atoms with E-state index in [1.165, 1.54) is 6.42 Å². The van der Waals surface area contributed by atoms with Gasteiger partial charge in [0.2, 0.25) is 0 Å². The standard InChI is InChI=1S/C22H30ClN3O2/c1-16(2)13-17-14-24-21(28-3)25-20(17)26(19-9-7-18(23)8-10-19)15-22(27)11-5-4-6-12-22/h7-10,14,16,27H,4-6,11-13,15H2,1-3H3. The van der Waals surface area contributed by atoms with Crippen LogP contribution in [0, 0.1) is 5.92 Å². The highest BCUT2D eigenvalue weighted by Crippen LogP contribution is 2.36. The Morgan fingerprint density at radius 3 is 2.46 bits per heavy atom. The van der Waals surface area contributed by atoms with E-state index in [1.54, 1.807) is 7.11 Å². The summed E-state index contributed by atoms with van der Waals surface area (Å²) in [6, 6.07) is 8.02. The lowest BCUT2D eigenvalue weighted by atomic mass is 9.84. The fourth-order valence-corrected chi connectivity index (χ4v) is 4.00. The summed E-state index contributed by atoms with van der Waals surface area (Å²) in [4.78, 5) is 11.1. The summed E-state index contributed by atoms with van der Waals surface area (Å²) < 4.78 is 5.30. The van der Waals surface area contributed by atoms with Crippen molar-refractivity contribution in [2.75, 3.05) is 18.6 Å². The van der Waals surface area contributed by atoms with E-state index in [9.17, 15) is 5.11 Å². The van der Waals surface area contributed by atoms with E-state index in [4.69, 9.17) is 16.3 Å². The Kier molecular flexibility index (Phi) is 6.78. The van der Waals surface area contributed by atoms with Gasteiger partial charge in [-0.3, -0.25) is 0 Å². The summed E-state index contributed by atoms with van der Waals surface area (Å²) in [5, 5.41) is 12.0. The maximum Gasteiger partial charge on any atom is 0.318 e. The molecule has 0 spiro atoms. The third-order valence-corrected chi connectivity index (χ3v) is 5.51. The van der Waals surface area contributed by atoms with Crippen LogP contribution in [0.5, 0.6) is 6.01 Å². The van der Waals surface area contributed by atoms with Gasteiger partial charge in [-0.15, -0.1) is 0 Å². The number of aliphatic hydroxyl groups is 1. The van der Waals surface area contributed by atoms with Crippen molar-refractivity contribution in [3.05, 3.63) is 41.0 Å². The quantitative estimate of drug-likeness (QED) is 0.691. The molecule has 152 valence electrons. The molecular formula is C22H30ClN3O2. The molecule has 0 unspecified atom stereocenters. The van der Waals surface area contributed by atoms with Gasteiger partial charge in [-0.25, -0.2) is 4.98 Å². The molecule has 1 aromatic heterocycles. The van der Waals surface area contributed by atoms with Crippen LogP contribution in [0.3, 0.4) is 0 Å². The minimum absolute atomic E-state index is 0.331. The number of benzene rings is 1. The Labute approximate surface area is 172 Å². The Hall–Kier alpha value is -1.85. The third kappa shape index (κ3) is 5.15. The van der Waals surface area contributed by atoms with Crippen molar-refractivity contribution < 1.29 is 9.84 Å². The number of anilines is 2. The minimum atomic E-state index is -0.731. The van der Waals surface area contributed by atoms with Gasteiger partial charge >= 0.3 is 6.01 Å². The summed E-state index contributed by atoms with van der Waals surface area (Å²) in [6.45, 7) is 4.84. The molecule has 1 aliphatic rings. The lowest BCUT2D eigenvalue weighted by Gasteiger charge is -2.38. The van der Waals surface area contributed by atoms with E-state index >= 15 is 0 Å². The Morgan fingerprint density at radius 2 is 1.86 bits per heavy atom. The van der Waals surface area contributed by atoms with E-state index < -0.39 is 5.60 Å². The molecule has 1 saturated carbocycles. The minimum Gasteiger partial charge on any atom is -0.467 e. The number of rotatable bonds is 7. The van der Waals surface area contributed by atoms with Gasteiger partial charge in [-0.1, -0.05) is 44.7 Å².